The van der Waals surface area contributed by atoms with E-state index in [1.807, 2.05) is 38.1 Å². The van der Waals surface area contributed by atoms with Crippen LogP contribution in [0.4, 0.5) is 0 Å². The minimum atomic E-state index is -3.69. The van der Waals surface area contributed by atoms with Crippen LogP contribution in [0, 0.1) is 6.92 Å². The van der Waals surface area contributed by atoms with Gasteiger partial charge in [-0.3, -0.25) is 4.79 Å². The van der Waals surface area contributed by atoms with Crippen LogP contribution in [0.3, 0.4) is 0 Å². The zero-order valence-electron chi connectivity index (χ0n) is 19.9. The largest absolute Gasteiger partial charge is 0.496 e. The SMILES string of the molecule is CCN(CC)S(=O)(=O)c1cc(C(=O)N(Cc2ccccc2OC)CC2CCCO2)ccc1C. The quantitative estimate of drug-likeness (QED) is 0.523. The molecule has 0 spiro atoms. The van der Waals surface area contributed by atoms with Crippen LogP contribution in [0.5, 0.6) is 5.75 Å². The van der Waals surface area contributed by atoms with Crippen molar-refractivity contribution >= 4 is 15.9 Å². The van der Waals surface area contributed by atoms with Gasteiger partial charge in [-0.15, -0.1) is 0 Å². The number of hydrogen-bond acceptors (Lipinski definition) is 5. The van der Waals surface area contributed by atoms with Gasteiger partial charge in [-0.25, -0.2) is 8.42 Å². The molecule has 0 N–H and O–H groups in total. The molecule has 0 bridgehead atoms. The van der Waals surface area contributed by atoms with E-state index in [-0.39, 0.29) is 16.9 Å². The van der Waals surface area contributed by atoms with Gasteiger partial charge < -0.3 is 14.4 Å². The maximum absolute atomic E-state index is 13.7. The molecule has 1 unspecified atom stereocenters. The smallest absolute Gasteiger partial charge is 0.254 e. The molecule has 33 heavy (non-hydrogen) atoms. The Labute approximate surface area is 197 Å². The molecular formula is C25H34N2O5S. The van der Waals surface area contributed by atoms with Gasteiger partial charge in [0, 0.05) is 43.9 Å². The Hall–Kier alpha value is -2.42. The highest BCUT2D eigenvalue weighted by Crippen LogP contribution is 2.25. The van der Waals surface area contributed by atoms with Crippen LogP contribution < -0.4 is 4.74 Å². The molecule has 1 heterocycles. The summed E-state index contributed by atoms with van der Waals surface area (Å²) in [5, 5.41) is 0. The van der Waals surface area contributed by atoms with Gasteiger partial charge in [0.15, 0.2) is 0 Å². The molecule has 3 rings (SSSR count). The van der Waals surface area contributed by atoms with Gasteiger partial charge in [-0.05, 0) is 43.5 Å². The van der Waals surface area contributed by atoms with Gasteiger partial charge in [0.1, 0.15) is 5.75 Å². The highest BCUT2D eigenvalue weighted by atomic mass is 32.2. The van der Waals surface area contributed by atoms with E-state index < -0.39 is 10.0 Å². The first-order valence-corrected chi connectivity index (χ1v) is 12.9. The summed E-state index contributed by atoms with van der Waals surface area (Å²) in [6.45, 7) is 7.58. The fourth-order valence-electron chi connectivity index (χ4n) is 4.19. The summed E-state index contributed by atoms with van der Waals surface area (Å²) in [4.78, 5) is 15.6. The number of carbonyl (C=O) groups excluding carboxylic acids is 1. The summed E-state index contributed by atoms with van der Waals surface area (Å²) < 4.78 is 39.0. The van der Waals surface area contributed by atoms with Gasteiger partial charge in [0.25, 0.3) is 5.91 Å². The van der Waals surface area contributed by atoms with Crippen LogP contribution in [0.25, 0.3) is 0 Å². The maximum atomic E-state index is 13.7. The second-order valence-electron chi connectivity index (χ2n) is 8.20. The summed E-state index contributed by atoms with van der Waals surface area (Å²) in [5.74, 6) is 0.476. The minimum Gasteiger partial charge on any atom is -0.496 e. The van der Waals surface area contributed by atoms with Crippen LogP contribution in [0.1, 0.15) is 48.2 Å². The highest BCUT2D eigenvalue weighted by Gasteiger charge is 2.28. The lowest BCUT2D eigenvalue weighted by atomic mass is 10.1. The van der Waals surface area contributed by atoms with Gasteiger partial charge in [-0.2, -0.15) is 4.31 Å². The zero-order valence-corrected chi connectivity index (χ0v) is 20.7. The van der Waals surface area contributed by atoms with Crippen molar-refractivity contribution in [1.82, 2.24) is 9.21 Å². The summed E-state index contributed by atoms with van der Waals surface area (Å²) in [5.41, 5.74) is 1.85. The lowest BCUT2D eigenvalue weighted by Crippen LogP contribution is -2.37. The average Bonchev–Trinajstić information content (AvgIpc) is 3.32. The van der Waals surface area contributed by atoms with Crippen LogP contribution in [0.15, 0.2) is 47.4 Å². The van der Waals surface area contributed by atoms with Crippen LogP contribution >= 0.6 is 0 Å². The molecule has 1 fully saturated rings. The van der Waals surface area contributed by atoms with E-state index >= 15 is 0 Å². The fraction of sp³-hybridized carbons (Fsp3) is 0.480. The number of sulfonamides is 1. The third-order valence-corrected chi connectivity index (χ3v) is 8.24. The van der Waals surface area contributed by atoms with Crippen LogP contribution in [-0.4, -0.2) is 63.0 Å². The van der Waals surface area contributed by atoms with E-state index in [0.717, 1.165) is 18.4 Å². The van der Waals surface area contributed by atoms with Crippen molar-refractivity contribution < 1.29 is 22.7 Å². The molecule has 1 aliphatic heterocycles. The van der Waals surface area contributed by atoms with Gasteiger partial charge in [-0.1, -0.05) is 38.1 Å². The monoisotopic (exact) mass is 474 g/mol. The number of methoxy groups -OCH3 is 1. The first-order chi connectivity index (χ1) is 15.8. The highest BCUT2D eigenvalue weighted by molar-refractivity contribution is 7.89. The second kappa shape index (κ2) is 11.1. The Bertz CT molecular complexity index is 1060. The molecule has 1 saturated heterocycles. The van der Waals surface area contributed by atoms with Gasteiger partial charge >= 0.3 is 0 Å². The van der Waals surface area contributed by atoms with E-state index in [0.29, 0.717) is 49.7 Å². The molecule has 0 radical (unpaired) electrons. The van der Waals surface area contributed by atoms with Crippen molar-refractivity contribution in [3.8, 4) is 5.75 Å². The van der Waals surface area contributed by atoms with Crippen molar-refractivity contribution in [2.24, 2.45) is 0 Å². The third kappa shape index (κ3) is 5.75. The molecular weight excluding hydrogens is 440 g/mol. The van der Waals surface area contributed by atoms with Crippen molar-refractivity contribution in [2.75, 3.05) is 33.4 Å². The number of nitrogens with zero attached hydrogens (tertiary/aromatic N) is 2. The van der Waals surface area contributed by atoms with Crippen molar-refractivity contribution in [3.63, 3.8) is 0 Å². The zero-order chi connectivity index (χ0) is 24.0. The number of para-hydroxylation sites is 1. The van der Waals surface area contributed by atoms with E-state index in [4.69, 9.17) is 9.47 Å². The number of carbonyl (C=O) groups is 1. The van der Waals surface area contributed by atoms with Crippen LogP contribution in [0.2, 0.25) is 0 Å². The third-order valence-electron chi connectivity index (χ3n) is 6.05. The fourth-order valence-corrected chi connectivity index (χ4v) is 5.90. The first-order valence-electron chi connectivity index (χ1n) is 11.4. The molecule has 2 aromatic rings. The lowest BCUT2D eigenvalue weighted by Gasteiger charge is -2.27. The number of benzene rings is 2. The van der Waals surface area contributed by atoms with Crippen LogP contribution in [-0.2, 0) is 21.3 Å². The first kappa shape index (κ1) is 25.2. The van der Waals surface area contributed by atoms with Crippen molar-refractivity contribution in [2.45, 2.75) is 51.2 Å². The Morgan fingerprint density at radius 1 is 1.15 bits per heavy atom. The molecule has 7 nitrogen and oxygen atoms in total. The van der Waals surface area contributed by atoms with E-state index in [1.54, 1.807) is 31.1 Å². The Balaban J connectivity index is 1.96. The lowest BCUT2D eigenvalue weighted by molar-refractivity contribution is 0.0505. The second-order valence-corrected chi connectivity index (χ2v) is 10.1. The van der Waals surface area contributed by atoms with E-state index in [2.05, 4.69) is 0 Å². The molecule has 0 saturated carbocycles. The molecule has 2 aromatic carbocycles. The predicted octanol–water partition coefficient (Wildman–Crippen LogP) is 3.86. The van der Waals surface area contributed by atoms with Gasteiger partial charge in [0.05, 0.1) is 18.1 Å². The number of rotatable bonds is 10. The minimum absolute atomic E-state index is 0.0343. The molecule has 0 aliphatic carbocycles. The predicted molar refractivity (Wildman–Crippen MR) is 128 cm³/mol. The molecule has 0 aromatic heterocycles. The summed E-state index contributed by atoms with van der Waals surface area (Å²) in [7, 11) is -2.08. The molecule has 1 amide bonds. The molecule has 1 atom stereocenters. The Morgan fingerprint density at radius 3 is 2.52 bits per heavy atom. The summed E-state index contributed by atoms with van der Waals surface area (Å²) in [6, 6.07) is 12.5. The van der Waals surface area contributed by atoms with E-state index in [9.17, 15) is 13.2 Å². The number of aryl methyl sites for hydroxylation is 1. The average molecular weight is 475 g/mol. The summed E-state index contributed by atoms with van der Waals surface area (Å²) in [6.07, 6.45) is 1.83. The standard InChI is InChI=1S/C25H34N2O5S/c1-5-27(6-2)33(29,30)24-16-20(14-13-19(24)3)25(28)26(18-22-11-9-15-32-22)17-21-10-7-8-12-23(21)31-4/h7-8,10,12-14,16,22H,5-6,9,11,15,17-18H2,1-4H3. The van der Waals surface area contributed by atoms with E-state index in [1.165, 1.54) is 10.4 Å². The Kier molecular flexibility index (Phi) is 8.51. The van der Waals surface area contributed by atoms with Gasteiger partial charge in [0.2, 0.25) is 10.0 Å². The molecule has 180 valence electrons. The maximum Gasteiger partial charge on any atom is 0.254 e. The molecule has 1 aliphatic rings. The number of hydrogen-bond donors (Lipinski definition) is 0. The van der Waals surface area contributed by atoms with Crippen molar-refractivity contribution in [3.05, 3.63) is 59.2 Å². The summed E-state index contributed by atoms with van der Waals surface area (Å²) >= 11 is 0. The van der Waals surface area contributed by atoms with Crippen molar-refractivity contribution in [1.29, 1.82) is 0 Å². The number of amides is 1. The normalized spacial score (nSPS) is 16.2. The molecule has 8 heteroatoms. The number of ether oxygens (including phenoxy) is 2. The Morgan fingerprint density at radius 2 is 1.88 bits per heavy atom. The topological polar surface area (TPSA) is 76.2 Å².